The second-order valence-electron chi connectivity index (χ2n) is 10.2. The Morgan fingerprint density at radius 3 is 2.35 bits per heavy atom. The number of benzene rings is 4. The molecule has 2 heterocycles. The number of fused-ring (bicyclic) bond motifs is 6. The first kappa shape index (κ1) is 25.8. The van der Waals surface area contributed by atoms with Crippen LogP contribution in [-0.4, -0.2) is 25.1 Å². The quantitative estimate of drug-likeness (QED) is 0.253. The lowest BCUT2D eigenvalue weighted by molar-refractivity contribution is -0.137. The van der Waals surface area contributed by atoms with Gasteiger partial charge in [-0.3, -0.25) is 0 Å². The summed E-state index contributed by atoms with van der Waals surface area (Å²) < 4.78 is 51.9. The first-order chi connectivity index (χ1) is 19.2. The molecule has 0 amide bonds. The number of carbonyl (C=O) groups excluding carboxylic acids is 1. The molecule has 1 N–H and O–H groups in total. The highest BCUT2D eigenvalue weighted by Gasteiger charge is 2.53. The molecule has 4 aromatic carbocycles. The van der Waals surface area contributed by atoms with Gasteiger partial charge in [-0.25, -0.2) is 4.79 Å². The highest BCUT2D eigenvalue weighted by Crippen LogP contribution is 2.56. The fraction of sp³-hybridized carbons (Fsp3) is 0.219. The van der Waals surface area contributed by atoms with Crippen LogP contribution in [0.2, 0.25) is 0 Å². The fourth-order valence-corrected chi connectivity index (χ4v) is 5.60. The molecule has 6 rings (SSSR count). The van der Waals surface area contributed by atoms with Crippen LogP contribution < -0.4 is 15.0 Å². The second kappa shape index (κ2) is 9.62. The van der Waals surface area contributed by atoms with E-state index < -0.39 is 17.3 Å². The number of hydrogen-bond donors (Lipinski definition) is 1. The van der Waals surface area contributed by atoms with Gasteiger partial charge in [0, 0.05) is 53.3 Å². The van der Waals surface area contributed by atoms with Gasteiger partial charge in [0.2, 0.25) is 0 Å². The van der Waals surface area contributed by atoms with E-state index >= 15 is 0 Å². The van der Waals surface area contributed by atoms with Crippen LogP contribution in [0.4, 0.5) is 24.5 Å². The van der Waals surface area contributed by atoms with Gasteiger partial charge in [0.25, 0.3) is 0 Å². The van der Waals surface area contributed by atoms with Crippen LogP contribution in [0, 0.1) is 0 Å². The summed E-state index contributed by atoms with van der Waals surface area (Å²) in [4.78, 5) is 15.1. The van der Waals surface area contributed by atoms with Gasteiger partial charge in [-0.05, 0) is 56.3 Å². The highest BCUT2D eigenvalue weighted by molar-refractivity contribution is 5.97. The molecule has 1 spiro atoms. The Balaban J connectivity index is 1.32. The number of hydrogen-bond acceptors (Lipinski definition) is 5. The first-order valence-electron chi connectivity index (χ1n) is 13.1. The summed E-state index contributed by atoms with van der Waals surface area (Å²) in [6.07, 6.45) is -4.39. The van der Waals surface area contributed by atoms with Crippen LogP contribution in [0.25, 0.3) is 0 Å². The molecule has 2 aliphatic rings. The minimum Gasteiger partial charge on any atom is -0.456 e. The standard InChI is InChI=1S/C32H27F3N2O3/c1-20(2)37(17-16-36-22-9-7-8-21(18-22)32(33,34)35)23-14-15-27-29(19-23)39-28-13-6-5-12-26(28)31(27)25-11-4-3-10-24(25)30(38)40-31/h3-15,18-20,36H,16-17H2,1-2H3. The fourth-order valence-electron chi connectivity index (χ4n) is 5.60. The summed E-state index contributed by atoms with van der Waals surface area (Å²) in [6, 6.07) is 26.1. The number of anilines is 2. The predicted octanol–water partition coefficient (Wildman–Crippen LogP) is 7.60. The maximum Gasteiger partial charge on any atom is 0.416 e. The van der Waals surface area contributed by atoms with E-state index in [0.29, 0.717) is 35.8 Å². The van der Waals surface area contributed by atoms with Gasteiger partial charge < -0.3 is 19.7 Å². The summed E-state index contributed by atoms with van der Waals surface area (Å²) in [5.74, 6) is 0.808. The van der Waals surface area contributed by atoms with Crippen molar-refractivity contribution in [3.05, 3.63) is 119 Å². The lowest BCUT2D eigenvalue weighted by atomic mass is 9.77. The molecule has 0 fully saturated rings. The lowest BCUT2D eigenvalue weighted by Crippen LogP contribution is -2.36. The van der Waals surface area contributed by atoms with Crippen molar-refractivity contribution in [3.8, 4) is 11.5 Å². The summed E-state index contributed by atoms with van der Waals surface area (Å²) in [7, 11) is 0. The molecule has 0 bridgehead atoms. The van der Waals surface area contributed by atoms with Gasteiger partial charge in [0.15, 0.2) is 5.60 Å². The molecular weight excluding hydrogens is 517 g/mol. The Morgan fingerprint density at radius 2 is 1.57 bits per heavy atom. The third-order valence-corrected chi connectivity index (χ3v) is 7.43. The molecule has 1 atom stereocenters. The summed E-state index contributed by atoms with van der Waals surface area (Å²) >= 11 is 0. The third kappa shape index (κ3) is 4.24. The van der Waals surface area contributed by atoms with Gasteiger partial charge >= 0.3 is 12.1 Å². The Hall–Kier alpha value is -4.46. The maximum atomic E-state index is 13.1. The highest BCUT2D eigenvalue weighted by atomic mass is 19.4. The van der Waals surface area contributed by atoms with Crippen LogP contribution in [0.5, 0.6) is 11.5 Å². The number of esters is 1. The van der Waals surface area contributed by atoms with E-state index in [0.717, 1.165) is 34.5 Å². The van der Waals surface area contributed by atoms with Crippen molar-refractivity contribution in [2.75, 3.05) is 23.3 Å². The first-order valence-corrected chi connectivity index (χ1v) is 13.1. The van der Waals surface area contributed by atoms with E-state index in [1.54, 1.807) is 12.1 Å². The van der Waals surface area contributed by atoms with Gasteiger partial charge in [0.1, 0.15) is 11.5 Å². The Bertz CT molecular complexity index is 1600. The second-order valence-corrected chi connectivity index (χ2v) is 10.2. The molecule has 0 saturated heterocycles. The van der Waals surface area contributed by atoms with E-state index in [9.17, 15) is 18.0 Å². The van der Waals surface area contributed by atoms with Crippen molar-refractivity contribution in [3.63, 3.8) is 0 Å². The Labute approximate surface area is 230 Å². The van der Waals surface area contributed by atoms with Crippen LogP contribution >= 0.6 is 0 Å². The van der Waals surface area contributed by atoms with Crippen molar-refractivity contribution >= 4 is 17.3 Å². The number of carbonyl (C=O) groups is 1. The maximum absolute atomic E-state index is 13.1. The minimum absolute atomic E-state index is 0.0937. The Morgan fingerprint density at radius 1 is 0.850 bits per heavy atom. The molecule has 40 heavy (non-hydrogen) atoms. The normalized spacial score (nSPS) is 17.1. The van der Waals surface area contributed by atoms with E-state index in [-0.39, 0.29) is 12.0 Å². The van der Waals surface area contributed by atoms with Crippen LogP contribution in [-0.2, 0) is 16.5 Å². The average molecular weight is 545 g/mol. The molecule has 8 heteroatoms. The van der Waals surface area contributed by atoms with E-state index in [1.807, 2.05) is 60.7 Å². The number of nitrogens with zero attached hydrogens (tertiary/aromatic N) is 1. The number of nitrogens with one attached hydrogen (secondary N) is 1. The predicted molar refractivity (Wildman–Crippen MR) is 147 cm³/mol. The molecule has 2 aliphatic heterocycles. The summed E-state index contributed by atoms with van der Waals surface area (Å²) in [5, 5.41) is 3.11. The zero-order chi connectivity index (χ0) is 28.1. The Kier molecular flexibility index (Phi) is 6.21. The molecule has 0 aliphatic carbocycles. The molecule has 4 aromatic rings. The smallest absolute Gasteiger partial charge is 0.416 e. The van der Waals surface area contributed by atoms with Crippen molar-refractivity contribution in [2.45, 2.75) is 31.7 Å². The van der Waals surface area contributed by atoms with Crippen LogP contribution in [0.3, 0.4) is 0 Å². The molecule has 0 aromatic heterocycles. The third-order valence-electron chi connectivity index (χ3n) is 7.43. The van der Waals surface area contributed by atoms with Crippen molar-refractivity contribution in [2.24, 2.45) is 0 Å². The van der Waals surface area contributed by atoms with Crippen molar-refractivity contribution < 1.29 is 27.4 Å². The van der Waals surface area contributed by atoms with Crippen molar-refractivity contribution in [1.82, 2.24) is 0 Å². The molecule has 204 valence electrons. The van der Waals surface area contributed by atoms with Crippen molar-refractivity contribution in [1.29, 1.82) is 0 Å². The SMILES string of the molecule is CC(C)N(CCNc1cccc(C(F)(F)F)c1)c1ccc2c(c1)Oc1ccccc1C21OC(=O)c2ccccc21. The zero-order valence-electron chi connectivity index (χ0n) is 22.0. The van der Waals surface area contributed by atoms with Gasteiger partial charge in [-0.2, -0.15) is 13.2 Å². The minimum atomic E-state index is -4.39. The summed E-state index contributed by atoms with van der Waals surface area (Å²) in [6.45, 7) is 5.06. The summed E-state index contributed by atoms with van der Waals surface area (Å²) in [5.41, 5.74) is 2.28. The topological polar surface area (TPSA) is 50.8 Å². The van der Waals surface area contributed by atoms with Gasteiger partial charge in [0.05, 0.1) is 11.1 Å². The zero-order valence-corrected chi connectivity index (χ0v) is 22.0. The molecule has 0 radical (unpaired) electrons. The molecule has 5 nitrogen and oxygen atoms in total. The van der Waals surface area contributed by atoms with Crippen LogP contribution in [0.15, 0.2) is 91.0 Å². The lowest BCUT2D eigenvalue weighted by Gasteiger charge is -2.37. The molecule has 0 saturated carbocycles. The largest absolute Gasteiger partial charge is 0.456 e. The number of ether oxygens (including phenoxy) is 2. The molecular formula is C32H27F3N2O3. The van der Waals surface area contributed by atoms with Gasteiger partial charge in [-0.15, -0.1) is 0 Å². The number of rotatable bonds is 6. The van der Waals surface area contributed by atoms with E-state index in [4.69, 9.17) is 9.47 Å². The number of alkyl halides is 3. The van der Waals surface area contributed by atoms with E-state index in [1.165, 1.54) is 6.07 Å². The number of halogens is 3. The number of para-hydroxylation sites is 1. The monoisotopic (exact) mass is 544 g/mol. The average Bonchev–Trinajstić information content (AvgIpc) is 3.23. The van der Waals surface area contributed by atoms with E-state index in [2.05, 4.69) is 24.1 Å². The van der Waals surface area contributed by atoms with Gasteiger partial charge in [-0.1, -0.05) is 42.5 Å². The molecule has 1 unspecified atom stereocenters. The van der Waals surface area contributed by atoms with Crippen LogP contribution in [0.1, 0.15) is 46.5 Å².